The Hall–Kier alpha value is -3.15. The number of carboxylic acids is 1. The van der Waals surface area contributed by atoms with Crippen LogP contribution in [0.5, 0.6) is 0 Å². The smallest absolute Gasteiger partial charge is 0.357 e. The average Bonchev–Trinajstić information content (AvgIpc) is 3.34. The van der Waals surface area contributed by atoms with Crippen molar-refractivity contribution >= 4 is 39.8 Å². The van der Waals surface area contributed by atoms with E-state index in [-0.39, 0.29) is 17.8 Å². The standard InChI is InChI=1S/C17H9ClN4O3S/c18-14-5-4-13(26-14)12-6-10(21-25-12)8-22-11-3-1-2-9(7-19)15(11)16(20-22)17(23)24/h1-6H,8H2,(H,23,24). The molecule has 0 unspecified atom stereocenters. The Morgan fingerprint density at radius 2 is 2.23 bits per heavy atom. The molecule has 3 aromatic heterocycles. The number of halogens is 1. The molecule has 0 saturated heterocycles. The second kappa shape index (κ2) is 6.29. The van der Waals surface area contributed by atoms with Gasteiger partial charge in [-0.2, -0.15) is 10.4 Å². The van der Waals surface area contributed by atoms with Gasteiger partial charge in [0.2, 0.25) is 0 Å². The molecule has 7 nitrogen and oxygen atoms in total. The quantitative estimate of drug-likeness (QED) is 0.569. The zero-order valence-electron chi connectivity index (χ0n) is 13.0. The Labute approximate surface area is 155 Å². The predicted molar refractivity (Wildman–Crippen MR) is 95.3 cm³/mol. The summed E-state index contributed by atoms with van der Waals surface area (Å²) < 4.78 is 7.49. The molecule has 0 aliphatic heterocycles. The molecule has 1 N–H and O–H groups in total. The Morgan fingerprint density at radius 3 is 2.92 bits per heavy atom. The molecule has 1 aromatic carbocycles. The molecule has 0 radical (unpaired) electrons. The summed E-state index contributed by atoms with van der Waals surface area (Å²) in [7, 11) is 0. The number of benzene rings is 1. The van der Waals surface area contributed by atoms with Crippen molar-refractivity contribution in [2.75, 3.05) is 0 Å². The molecule has 0 bridgehead atoms. The van der Waals surface area contributed by atoms with Crippen LogP contribution >= 0.6 is 22.9 Å². The number of carboxylic acid groups (broad SMARTS) is 1. The lowest BCUT2D eigenvalue weighted by Crippen LogP contribution is -2.04. The van der Waals surface area contributed by atoms with Crippen molar-refractivity contribution < 1.29 is 14.4 Å². The second-order valence-corrected chi connectivity index (χ2v) is 7.12. The van der Waals surface area contributed by atoms with Crippen molar-refractivity contribution in [3.63, 3.8) is 0 Å². The minimum absolute atomic E-state index is 0.161. The molecule has 9 heteroatoms. The van der Waals surface area contributed by atoms with Gasteiger partial charge < -0.3 is 9.63 Å². The van der Waals surface area contributed by atoms with Crippen molar-refractivity contribution in [1.29, 1.82) is 5.26 Å². The highest BCUT2D eigenvalue weighted by molar-refractivity contribution is 7.19. The van der Waals surface area contributed by atoms with E-state index in [1.165, 1.54) is 16.0 Å². The zero-order chi connectivity index (χ0) is 18.3. The first kappa shape index (κ1) is 16.3. The third-order valence-corrected chi connectivity index (χ3v) is 5.03. The van der Waals surface area contributed by atoms with Gasteiger partial charge in [0.15, 0.2) is 11.5 Å². The van der Waals surface area contributed by atoms with E-state index in [1.807, 2.05) is 12.1 Å². The molecular weight excluding hydrogens is 376 g/mol. The number of nitrogens with zero attached hydrogens (tertiary/aromatic N) is 4. The van der Waals surface area contributed by atoms with Crippen LogP contribution in [0.2, 0.25) is 4.34 Å². The molecule has 4 aromatic rings. The summed E-state index contributed by atoms with van der Waals surface area (Å²) in [6.45, 7) is 0.210. The van der Waals surface area contributed by atoms with E-state index in [9.17, 15) is 15.2 Å². The lowest BCUT2D eigenvalue weighted by molar-refractivity contribution is 0.0691. The van der Waals surface area contributed by atoms with Gasteiger partial charge in [0.25, 0.3) is 0 Å². The lowest BCUT2D eigenvalue weighted by Gasteiger charge is -1.99. The number of hydrogen-bond donors (Lipinski definition) is 1. The van der Waals surface area contributed by atoms with Crippen LogP contribution in [0.4, 0.5) is 0 Å². The third-order valence-electron chi connectivity index (χ3n) is 3.79. The summed E-state index contributed by atoms with van der Waals surface area (Å²) in [5.41, 5.74) is 1.23. The van der Waals surface area contributed by atoms with Crippen molar-refractivity contribution in [2.45, 2.75) is 6.54 Å². The molecule has 4 rings (SSSR count). The van der Waals surface area contributed by atoms with Gasteiger partial charge in [-0.1, -0.05) is 22.8 Å². The van der Waals surface area contributed by atoms with Crippen molar-refractivity contribution in [3.05, 3.63) is 57.7 Å². The fourth-order valence-corrected chi connectivity index (χ4v) is 3.69. The van der Waals surface area contributed by atoms with Crippen LogP contribution in [0.3, 0.4) is 0 Å². The average molecular weight is 385 g/mol. The number of thiophene rings is 1. The molecule has 26 heavy (non-hydrogen) atoms. The van der Waals surface area contributed by atoms with E-state index in [1.54, 1.807) is 30.3 Å². The molecule has 0 atom stereocenters. The number of rotatable bonds is 4. The van der Waals surface area contributed by atoms with Crippen LogP contribution in [0.15, 0.2) is 40.9 Å². The van der Waals surface area contributed by atoms with Crippen LogP contribution in [0.1, 0.15) is 21.7 Å². The second-order valence-electron chi connectivity index (χ2n) is 5.41. The van der Waals surface area contributed by atoms with E-state index in [2.05, 4.69) is 10.3 Å². The number of carbonyl (C=O) groups is 1. The van der Waals surface area contributed by atoms with Crippen molar-refractivity contribution in [3.8, 4) is 16.7 Å². The minimum Gasteiger partial charge on any atom is -0.476 e. The molecule has 0 aliphatic rings. The molecule has 0 fully saturated rings. The Kier molecular flexibility index (Phi) is 3.95. The van der Waals surface area contributed by atoms with Crippen LogP contribution in [0, 0.1) is 11.3 Å². The summed E-state index contributed by atoms with van der Waals surface area (Å²) in [5, 5.41) is 27.1. The molecule has 128 valence electrons. The summed E-state index contributed by atoms with van der Waals surface area (Å²) >= 11 is 7.31. The summed E-state index contributed by atoms with van der Waals surface area (Å²) in [4.78, 5) is 12.4. The first-order chi connectivity index (χ1) is 12.6. The van der Waals surface area contributed by atoms with Crippen molar-refractivity contribution in [1.82, 2.24) is 14.9 Å². The van der Waals surface area contributed by atoms with Gasteiger partial charge in [-0.3, -0.25) is 4.68 Å². The summed E-state index contributed by atoms with van der Waals surface area (Å²) in [5.74, 6) is -0.616. The molecule has 3 heterocycles. The Morgan fingerprint density at radius 1 is 1.38 bits per heavy atom. The van der Waals surface area contributed by atoms with Crippen LogP contribution in [-0.2, 0) is 6.54 Å². The van der Waals surface area contributed by atoms with E-state index in [0.717, 1.165) is 4.88 Å². The maximum Gasteiger partial charge on any atom is 0.357 e. The minimum atomic E-state index is -1.19. The third kappa shape index (κ3) is 2.73. The van der Waals surface area contributed by atoms with Crippen molar-refractivity contribution in [2.24, 2.45) is 0 Å². The lowest BCUT2D eigenvalue weighted by atomic mass is 10.1. The maximum absolute atomic E-state index is 11.5. The van der Waals surface area contributed by atoms with Gasteiger partial charge in [0, 0.05) is 6.07 Å². The first-order valence-electron chi connectivity index (χ1n) is 7.41. The van der Waals surface area contributed by atoms with Gasteiger partial charge in [-0.05, 0) is 24.3 Å². The summed E-state index contributed by atoms with van der Waals surface area (Å²) in [6, 6.07) is 12.3. The molecule has 0 saturated carbocycles. The Bertz CT molecular complexity index is 1180. The Balaban J connectivity index is 1.76. The maximum atomic E-state index is 11.5. The van der Waals surface area contributed by atoms with Crippen LogP contribution in [-0.4, -0.2) is 26.0 Å². The van der Waals surface area contributed by atoms with Gasteiger partial charge in [-0.15, -0.1) is 11.3 Å². The number of nitriles is 1. The van der Waals surface area contributed by atoms with Gasteiger partial charge >= 0.3 is 5.97 Å². The predicted octanol–water partition coefficient (Wildman–Crippen LogP) is 4.02. The molecule has 0 amide bonds. The van der Waals surface area contributed by atoms with Gasteiger partial charge in [-0.25, -0.2) is 4.79 Å². The van der Waals surface area contributed by atoms with Gasteiger partial charge in [0.05, 0.1) is 38.3 Å². The van der Waals surface area contributed by atoms with E-state index in [0.29, 0.717) is 26.7 Å². The highest BCUT2D eigenvalue weighted by atomic mass is 35.5. The van der Waals surface area contributed by atoms with E-state index >= 15 is 0 Å². The van der Waals surface area contributed by atoms with E-state index in [4.69, 9.17) is 16.1 Å². The van der Waals surface area contributed by atoms with Crippen LogP contribution < -0.4 is 0 Å². The SMILES string of the molecule is N#Cc1cccc2c1c(C(=O)O)nn2Cc1cc(-c2ccc(Cl)s2)on1. The normalized spacial score (nSPS) is 10.9. The number of hydrogen-bond acceptors (Lipinski definition) is 6. The first-order valence-corrected chi connectivity index (χ1v) is 8.60. The topological polar surface area (TPSA) is 105 Å². The summed E-state index contributed by atoms with van der Waals surface area (Å²) in [6.07, 6.45) is 0. The zero-order valence-corrected chi connectivity index (χ0v) is 14.6. The number of aromatic nitrogens is 3. The number of aromatic carboxylic acids is 1. The van der Waals surface area contributed by atoms with Gasteiger partial charge in [0.1, 0.15) is 5.69 Å². The fraction of sp³-hybridized carbons (Fsp3) is 0.0588. The highest BCUT2D eigenvalue weighted by Gasteiger charge is 2.20. The molecule has 0 aliphatic carbocycles. The fourth-order valence-electron chi connectivity index (χ4n) is 2.69. The number of fused-ring (bicyclic) bond motifs is 1. The molecule has 0 spiro atoms. The van der Waals surface area contributed by atoms with Crippen LogP contribution in [0.25, 0.3) is 21.5 Å². The monoisotopic (exact) mass is 384 g/mol. The largest absolute Gasteiger partial charge is 0.476 e. The molecular formula is C17H9ClN4O3S. The van der Waals surface area contributed by atoms with E-state index < -0.39 is 5.97 Å². The highest BCUT2D eigenvalue weighted by Crippen LogP contribution is 2.31.